The molecule has 6 heteroatoms. The Hall–Kier alpha value is -7.67. The molecule has 0 bridgehead atoms. The van der Waals surface area contributed by atoms with Crippen molar-refractivity contribution in [3.8, 4) is 39.6 Å². The molecule has 0 N–H and O–H groups in total. The highest BCUT2D eigenvalue weighted by Crippen LogP contribution is 2.51. The first-order valence-corrected chi connectivity index (χ1v) is 25.5. The van der Waals surface area contributed by atoms with Crippen LogP contribution in [-0.4, -0.2) is 16.2 Å². The summed E-state index contributed by atoms with van der Waals surface area (Å²) in [5.74, 6) is 1.95. The van der Waals surface area contributed by atoms with Crippen LogP contribution in [0.4, 0.5) is 22.7 Å². The van der Waals surface area contributed by atoms with Crippen molar-refractivity contribution in [3.05, 3.63) is 205 Å². The van der Waals surface area contributed by atoms with Gasteiger partial charge in [0.2, 0.25) is 0 Å². The molecule has 3 aromatic heterocycles. The van der Waals surface area contributed by atoms with Crippen LogP contribution in [0.2, 0.25) is 0 Å². The number of fused-ring (bicyclic) bond motifs is 8. The van der Waals surface area contributed by atoms with E-state index in [0.29, 0.717) is 29.5 Å². The Balaban J connectivity index is 0.991. The Morgan fingerprint density at radius 3 is 1.92 bits per heavy atom. The molecule has 0 saturated carbocycles. The lowest BCUT2D eigenvalue weighted by Crippen LogP contribution is -2.25. The summed E-state index contributed by atoms with van der Waals surface area (Å²) >= 11 is 1.79. The summed E-state index contributed by atoms with van der Waals surface area (Å²) in [4.78, 5) is 9.32. The molecule has 12 rings (SSSR count). The van der Waals surface area contributed by atoms with E-state index in [1.165, 1.54) is 31.3 Å². The highest BCUT2D eigenvalue weighted by atomic mass is 32.1. The zero-order valence-corrected chi connectivity index (χ0v) is 43.1. The van der Waals surface area contributed by atoms with E-state index < -0.39 is 6.04 Å². The Morgan fingerprint density at radius 1 is 0.528 bits per heavy atom. The minimum absolute atomic E-state index is 0.147. The molecule has 0 unspecified atom stereocenters. The van der Waals surface area contributed by atoms with Gasteiger partial charge in [0.1, 0.15) is 24.0 Å². The van der Waals surface area contributed by atoms with Crippen molar-refractivity contribution < 1.29 is 13.0 Å². The van der Waals surface area contributed by atoms with Gasteiger partial charge in [0.15, 0.2) is 0 Å². The summed E-state index contributed by atoms with van der Waals surface area (Å²) in [6.45, 7) is 20.1. The second kappa shape index (κ2) is 17.0. The molecule has 0 spiro atoms. The van der Waals surface area contributed by atoms with Crippen molar-refractivity contribution in [2.45, 2.75) is 78.6 Å². The average molecular weight is 963 g/mol. The van der Waals surface area contributed by atoms with Crippen molar-refractivity contribution in [2.24, 2.45) is 0 Å². The fourth-order valence-corrected chi connectivity index (χ4v) is 11.5. The van der Waals surface area contributed by atoms with Crippen LogP contribution in [0.3, 0.4) is 0 Å². The van der Waals surface area contributed by atoms with Crippen LogP contribution < -0.4 is 14.5 Å². The average Bonchev–Trinajstić information content (AvgIpc) is 4.26. The van der Waals surface area contributed by atoms with E-state index in [2.05, 4.69) is 174 Å². The normalized spacial score (nSPS) is 14.4. The fraction of sp³-hybridized carbons (Fsp3) is 0.197. The lowest BCUT2D eigenvalue weighted by Gasteiger charge is -2.29. The van der Waals surface area contributed by atoms with Gasteiger partial charge in [-0.1, -0.05) is 171 Å². The van der Waals surface area contributed by atoms with Crippen LogP contribution >= 0.6 is 11.3 Å². The quantitative estimate of drug-likeness (QED) is 0.159. The molecule has 0 atom stereocenters. The van der Waals surface area contributed by atoms with Gasteiger partial charge in [0, 0.05) is 66.1 Å². The molecule has 72 heavy (non-hydrogen) atoms. The molecular formula is C66H60N4OS. The van der Waals surface area contributed by atoms with Gasteiger partial charge in [0.25, 0.3) is 0 Å². The van der Waals surface area contributed by atoms with Gasteiger partial charge >= 0.3 is 0 Å². The number of hydrogen-bond acceptors (Lipinski definition) is 5. The monoisotopic (exact) mass is 962 g/mol. The summed E-state index contributed by atoms with van der Waals surface area (Å²) in [7, 11) is 0. The van der Waals surface area contributed by atoms with Gasteiger partial charge in [-0.3, -0.25) is 4.57 Å². The standard InChI is InChI=1S/C66H60N4OS/c1-64(2,3)44-33-34-67-60(38-44)70-57-32-31-53-52-23-13-16-28-59(52)72-63(53)61(57)54-30-29-49(40-58(54)70)71-48-22-17-21-47(39-48)68-41-69(56-27-15-14-26-55(56)68)62-50(42-19-11-10-12-20-42)24-18-25-51(62)43-35-45(65(4,5)6)37-46(36-43)66(7,8)9/h10-40H,41H2,1-9H3/i10D,11D,12D,19D,20D,34D. The topological polar surface area (TPSA) is 33.5 Å². The van der Waals surface area contributed by atoms with E-state index in [1.807, 2.05) is 54.6 Å². The first-order valence-electron chi connectivity index (χ1n) is 27.7. The Kier molecular flexibility index (Phi) is 9.21. The molecule has 5 nitrogen and oxygen atoms in total. The second-order valence-corrected chi connectivity index (χ2v) is 23.2. The van der Waals surface area contributed by atoms with E-state index in [4.69, 9.17) is 15.2 Å². The van der Waals surface area contributed by atoms with Crippen LogP contribution in [0.1, 0.15) is 87.2 Å². The third-order valence-corrected chi connectivity index (χ3v) is 15.4. The summed E-state index contributed by atoms with van der Waals surface area (Å²) < 4.78 is 65.0. The number of hydrogen-bond donors (Lipinski definition) is 0. The summed E-state index contributed by atoms with van der Waals surface area (Å²) in [6.07, 6.45) is 0.208. The molecule has 1 aliphatic rings. The third kappa shape index (κ3) is 7.89. The SMILES string of the molecule is [2H]c1cc(C(C)(C)C)cc(-n2c3cc(Oc4cccc(N5CN(c6c(-c7cc(C(C)(C)C)cc(C(C)(C)C)c7)cccc6-c6c([2H])c([2H])c([2H])c([2H])c6[2H])c6ccccc65)c4)ccc3c3c4sc5ccccc5c4ccc32)n1. The Labute approximate surface area is 436 Å². The molecule has 0 aliphatic carbocycles. The molecule has 11 aromatic rings. The molecule has 0 saturated heterocycles. The molecule has 8 aromatic carbocycles. The second-order valence-electron chi connectivity index (χ2n) is 22.1. The highest BCUT2D eigenvalue weighted by Gasteiger charge is 2.32. The van der Waals surface area contributed by atoms with Crippen LogP contribution in [0, 0.1) is 0 Å². The van der Waals surface area contributed by atoms with Crippen molar-refractivity contribution in [2.75, 3.05) is 16.5 Å². The lowest BCUT2D eigenvalue weighted by atomic mass is 9.78. The largest absolute Gasteiger partial charge is 0.457 e. The molecule has 356 valence electrons. The van der Waals surface area contributed by atoms with Crippen LogP contribution in [-0.2, 0) is 16.2 Å². The van der Waals surface area contributed by atoms with Crippen molar-refractivity contribution in [1.82, 2.24) is 9.55 Å². The number of thiophene rings is 1. The van der Waals surface area contributed by atoms with Gasteiger partial charge < -0.3 is 14.5 Å². The number of ether oxygens (including phenoxy) is 1. The highest BCUT2D eigenvalue weighted by molar-refractivity contribution is 7.26. The predicted octanol–water partition coefficient (Wildman–Crippen LogP) is 18.8. The first-order chi connectivity index (χ1) is 37.0. The summed E-state index contributed by atoms with van der Waals surface area (Å²) in [5, 5.41) is 4.63. The molecule has 4 heterocycles. The van der Waals surface area contributed by atoms with Gasteiger partial charge in [-0.15, -0.1) is 11.3 Å². The molecule has 0 amide bonds. The van der Waals surface area contributed by atoms with Crippen molar-refractivity contribution in [3.63, 3.8) is 0 Å². The first kappa shape index (κ1) is 39.0. The van der Waals surface area contributed by atoms with Gasteiger partial charge in [0.05, 0.1) is 36.3 Å². The zero-order valence-electron chi connectivity index (χ0n) is 48.2. The van der Waals surface area contributed by atoms with Gasteiger partial charge in [-0.05, 0) is 105 Å². The predicted molar refractivity (Wildman–Crippen MR) is 307 cm³/mol. The molecule has 0 radical (unpaired) electrons. The van der Waals surface area contributed by atoms with E-state index >= 15 is 0 Å². The van der Waals surface area contributed by atoms with Gasteiger partial charge in [-0.25, -0.2) is 4.98 Å². The third-order valence-electron chi connectivity index (χ3n) is 14.2. The minimum Gasteiger partial charge on any atom is -0.457 e. The maximum atomic E-state index is 9.28. The number of rotatable bonds is 7. The van der Waals surface area contributed by atoms with Gasteiger partial charge in [-0.2, -0.15) is 0 Å². The van der Waals surface area contributed by atoms with E-state index in [-0.39, 0.29) is 52.2 Å². The van der Waals surface area contributed by atoms with E-state index in [9.17, 15) is 2.74 Å². The maximum absolute atomic E-state index is 9.28. The van der Waals surface area contributed by atoms with E-state index in [1.54, 1.807) is 11.3 Å². The van der Waals surface area contributed by atoms with Crippen LogP contribution in [0.15, 0.2) is 188 Å². The van der Waals surface area contributed by atoms with Crippen LogP contribution in [0.5, 0.6) is 11.5 Å². The minimum atomic E-state index is -0.430. The van der Waals surface area contributed by atoms with E-state index in [0.717, 1.165) is 61.2 Å². The molecule has 0 fully saturated rings. The Bertz CT molecular complexity index is 4210. The molecule has 1 aliphatic heterocycles. The van der Waals surface area contributed by atoms with Crippen LogP contribution in [0.25, 0.3) is 70.0 Å². The number of pyridine rings is 1. The number of anilines is 4. The van der Waals surface area contributed by atoms with Crippen molar-refractivity contribution in [1.29, 1.82) is 0 Å². The number of nitrogens with zero attached hydrogens (tertiary/aromatic N) is 4. The fourth-order valence-electron chi connectivity index (χ4n) is 10.3. The number of aromatic nitrogens is 2. The number of benzene rings is 8. The maximum Gasteiger partial charge on any atom is 0.137 e. The summed E-state index contributed by atoms with van der Waals surface area (Å²) in [6, 6.07) is 50.5. The number of para-hydroxylation sites is 3. The Morgan fingerprint density at radius 2 is 1.18 bits per heavy atom. The van der Waals surface area contributed by atoms with Crippen molar-refractivity contribution >= 4 is 76.1 Å². The molecular weight excluding hydrogens is 897 g/mol. The smallest absolute Gasteiger partial charge is 0.137 e. The zero-order chi connectivity index (χ0) is 54.9. The lowest BCUT2D eigenvalue weighted by molar-refractivity contribution is 0.483. The summed E-state index contributed by atoms with van der Waals surface area (Å²) in [5.41, 5.74) is 10.7.